The second kappa shape index (κ2) is 18.9. The number of nitrogens with zero attached hydrogens (tertiary/aromatic N) is 4. The maximum Gasteiger partial charge on any atom is 0.231 e. The number of nitrogens with one attached hydrogen (secondary N) is 2. The number of pyridine rings is 2. The van der Waals surface area contributed by atoms with Gasteiger partial charge in [-0.2, -0.15) is 10.5 Å². The SMILES string of the molecule is Cl.Cl.Cl.N#Cc1cccnc1OCC1CCNCC1.N#Cc1cccnc1OCC1CCNCC1. The molecule has 2 saturated heterocycles. The normalized spacial score (nSPS) is 15.3. The van der Waals surface area contributed by atoms with Gasteiger partial charge in [0.1, 0.15) is 23.3 Å². The van der Waals surface area contributed by atoms with Crippen molar-refractivity contribution in [2.24, 2.45) is 11.8 Å². The number of hydrogen-bond acceptors (Lipinski definition) is 8. The lowest BCUT2D eigenvalue weighted by Gasteiger charge is -2.22. The largest absolute Gasteiger partial charge is 0.476 e. The lowest BCUT2D eigenvalue weighted by molar-refractivity contribution is 0.208. The first kappa shape index (κ1) is 32.7. The highest BCUT2D eigenvalue weighted by Crippen LogP contribution is 2.18. The molecule has 35 heavy (non-hydrogen) atoms. The summed E-state index contributed by atoms with van der Waals surface area (Å²) in [5, 5.41) is 24.4. The van der Waals surface area contributed by atoms with Gasteiger partial charge >= 0.3 is 0 Å². The van der Waals surface area contributed by atoms with Crippen LogP contribution in [0.4, 0.5) is 0 Å². The van der Waals surface area contributed by atoms with Gasteiger partial charge in [0.2, 0.25) is 11.8 Å². The Hall–Kier alpha value is -2.33. The second-order valence-corrected chi connectivity index (χ2v) is 7.94. The Bertz CT molecular complexity index is 850. The van der Waals surface area contributed by atoms with Gasteiger partial charge in [-0.05, 0) is 88.0 Å². The third-order valence-electron chi connectivity index (χ3n) is 5.61. The molecule has 2 aromatic heterocycles. The topological polar surface area (TPSA) is 116 Å². The summed E-state index contributed by atoms with van der Waals surface area (Å²) < 4.78 is 11.2. The van der Waals surface area contributed by atoms with Crippen LogP contribution in [0.2, 0.25) is 0 Å². The van der Waals surface area contributed by atoms with Gasteiger partial charge in [0.05, 0.1) is 13.2 Å². The molecule has 2 aliphatic rings. The molecule has 4 rings (SSSR count). The highest BCUT2D eigenvalue weighted by molar-refractivity contribution is 5.86. The van der Waals surface area contributed by atoms with Gasteiger partial charge < -0.3 is 20.1 Å². The Morgan fingerprint density at radius 2 is 1.09 bits per heavy atom. The van der Waals surface area contributed by atoms with E-state index in [0.29, 0.717) is 47.9 Å². The Morgan fingerprint density at radius 1 is 0.714 bits per heavy atom. The van der Waals surface area contributed by atoms with E-state index in [-0.39, 0.29) is 37.2 Å². The van der Waals surface area contributed by atoms with E-state index in [4.69, 9.17) is 20.0 Å². The van der Waals surface area contributed by atoms with E-state index in [1.807, 2.05) is 0 Å². The molecular formula is C24H33Cl3N6O2. The average Bonchev–Trinajstić information content (AvgIpc) is 2.88. The second-order valence-electron chi connectivity index (χ2n) is 7.94. The van der Waals surface area contributed by atoms with Crippen molar-refractivity contribution in [1.82, 2.24) is 20.6 Å². The summed E-state index contributed by atoms with van der Waals surface area (Å²) >= 11 is 0. The molecule has 0 spiro atoms. The van der Waals surface area contributed by atoms with E-state index in [9.17, 15) is 0 Å². The molecule has 0 amide bonds. The van der Waals surface area contributed by atoms with Crippen LogP contribution in [0.1, 0.15) is 36.8 Å². The molecule has 2 fully saturated rings. The lowest BCUT2D eigenvalue weighted by Crippen LogP contribution is -2.30. The van der Waals surface area contributed by atoms with E-state index in [1.54, 1.807) is 36.7 Å². The Morgan fingerprint density at radius 3 is 1.43 bits per heavy atom. The van der Waals surface area contributed by atoms with Gasteiger partial charge in [-0.15, -0.1) is 37.2 Å². The maximum atomic E-state index is 8.88. The fraction of sp³-hybridized carbons (Fsp3) is 0.500. The molecule has 2 aliphatic heterocycles. The molecule has 0 unspecified atom stereocenters. The first-order valence-corrected chi connectivity index (χ1v) is 11.2. The fourth-order valence-electron chi connectivity index (χ4n) is 3.67. The number of piperidine rings is 2. The third-order valence-corrected chi connectivity index (χ3v) is 5.61. The van der Waals surface area contributed by atoms with Gasteiger partial charge in [0.25, 0.3) is 0 Å². The number of aromatic nitrogens is 2. The monoisotopic (exact) mass is 542 g/mol. The average molecular weight is 544 g/mol. The van der Waals surface area contributed by atoms with Crippen LogP contribution in [-0.4, -0.2) is 49.4 Å². The van der Waals surface area contributed by atoms with Crippen LogP contribution in [0.5, 0.6) is 11.8 Å². The standard InChI is InChI=1S/2C12H15N3O.3ClH/c2*13-8-11-2-1-5-15-12(11)16-9-10-3-6-14-7-4-10;;;/h2*1-2,5,10,14H,3-4,6-7,9H2;3*1H. The van der Waals surface area contributed by atoms with Crippen molar-refractivity contribution in [3.8, 4) is 23.9 Å². The molecule has 0 saturated carbocycles. The van der Waals surface area contributed by atoms with Crippen LogP contribution in [0.25, 0.3) is 0 Å². The van der Waals surface area contributed by atoms with Crippen LogP contribution in [0.3, 0.4) is 0 Å². The van der Waals surface area contributed by atoms with Crippen LogP contribution in [0, 0.1) is 34.5 Å². The summed E-state index contributed by atoms with van der Waals surface area (Å²) in [5.74, 6) is 2.08. The summed E-state index contributed by atoms with van der Waals surface area (Å²) in [6.45, 7) is 5.55. The predicted molar refractivity (Wildman–Crippen MR) is 142 cm³/mol. The minimum Gasteiger partial charge on any atom is -0.476 e. The Kier molecular flexibility index (Phi) is 17.7. The number of halogens is 3. The van der Waals surface area contributed by atoms with Crippen molar-refractivity contribution in [2.75, 3.05) is 39.4 Å². The van der Waals surface area contributed by atoms with E-state index < -0.39 is 0 Å². The molecule has 192 valence electrons. The smallest absolute Gasteiger partial charge is 0.231 e. The zero-order valence-electron chi connectivity index (χ0n) is 19.5. The van der Waals surface area contributed by atoms with Gasteiger partial charge in [0, 0.05) is 12.4 Å². The number of ether oxygens (including phenoxy) is 2. The fourth-order valence-corrected chi connectivity index (χ4v) is 3.67. The van der Waals surface area contributed by atoms with Gasteiger partial charge in [-0.1, -0.05) is 0 Å². The summed E-state index contributed by atoms with van der Waals surface area (Å²) in [7, 11) is 0. The van der Waals surface area contributed by atoms with E-state index in [0.717, 1.165) is 51.9 Å². The first-order chi connectivity index (χ1) is 15.8. The summed E-state index contributed by atoms with van der Waals surface area (Å²) in [6.07, 6.45) is 7.84. The van der Waals surface area contributed by atoms with Crippen molar-refractivity contribution in [2.45, 2.75) is 25.7 Å². The molecule has 11 heteroatoms. The predicted octanol–water partition coefficient (Wildman–Crippen LogP) is 3.93. The van der Waals surface area contributed by atoms with E-state index in [1.165, 1.54) is 0 Å². The highest BCUT2D eigenvalue weighted by atomic mass is 35.5. The maximum absolute atomic E-state index is 8.88. The lowest BCUT2D eigenvalue weighted by atomic mass is 9.99. The minimum absolute atomic E-state index is 0. The van der Waals surface area contributed by atoms with Crippen molar-refractivity contribution in [3.05, 3.63) is 47.8 Å². The third kappa shape index (κ3) is 11.3. The quantitative estimate of drug-likeness (QED) is 0.563. The van der Waals surface area contributed by atoms with Crippen molar-refractivity contribution < 1.29 is 9.47 Å². The van der Waals surface area contributed by atoms with Crippen molar-refractivity contribution in [1.29, 1.82) is 10.5 Å². The van der Waals surface area contributed by atoms with E-state index >= 15 is 0 Å². The van der Waals surface area contributed by atoms with Crippen LogP contribution >= 0.6 is 37.2 Å². The van der Waals surface area contributed by atoms with Crippen molar-refractivity contribution >= 4 is 37.2 Å². The molecule has 0 aliphatic carbocycles. The molecule has 0 bridgehead atoms. The highest BCUT2D eigenvalue weighted by Gasteiger charge is 2.15. The van der Waals surface area contributed by atoms with Crippen LogP contribution in [-0.2, 0) is 0 Å². The zero-order chi connectivity index (χ0) is 22.4. The minimum atomic E-state index is 0. The molecule has 2 aromatic rings. The molecule has 0 atom stereocenters. The molecule has 0 aromatic carbocycles. The molecular weight excluding hydrogens is 511 g/mol. The summed E-state index contributed by atoms with van der Waals surface area (Å²) in [5.41, 5.74) is 1.02. The van der Waals surface area contributed by atoms with Crippen molar-refractivity contribution in [3.63, 3.8) is 0 Å². The molecule has 2 N–H and O–H groups in total. The summed E-state index contributed by atoms with van der Waals surface area (Å²) in [4.78, 5) is 8.15. The molecule has 8 nitrogen and oxygen atoms in total. The zero-order valence-corrected chi connectivity index (χ0v) is 22.0. The van der Waals surface area contributed by atoms with Crippen LogP contribution in [0.15, 0.2) is 36.7 Å². The first-order valence-electron chi connectivity index (χ1n) is 11.2. The van der Waals surface area contributed by atoms with Crippen LogP contribution < -0.4 is 20.1 Å². The molecule has 4 heterocycles. The molecule has 0 radical (unpaired) electrons. The number of nitriles is 2. The van der Waals surface area contributed by atoms with Gasteiger partial charge in [-0.3, -0.25) is 0 Å². The van der Waals surface area contributed by atoms with Gasteiger partial charge in [0.15, 0.2) is 0 Å². The van der Waals surface area contributed by atoms with E-state index in [2.05, 4.69) is 32.7 Å². The Labute approximate surface area is 226 Å². The number of rotatable bonds is 6. The number of hydrogen-bond donors (Lipinski definition) is 2. The summed E-state index contributed by atoms with van der Waals surface area (Å²) in [6, 6.07) is 11.1. The van der Waals surface area contributed by atoms with Gasteiger partial charge in [-0.25, -0.2) is 9.97 Å². The Balaban J connectivity index is 0.000000608.